The summed E-state index contributed by atoms with van der Waals surface area (Å²) in [6, 6.07) is 19.6. The standard InChI is InChI=1S/C25H20ClNO5/c1-31-18-12-13-20(32-2)19(14-18)23(28)21-22(15-8-10-16(26)11-9-15)27(25(30)24(21)29)17-6-4-3-5-7-17/h3-14,22,28H,1-2H3/b23-21+. The molecule has 1 fully saturated rings. The van der Waals surface area contributed by atoms with Gasteiger partial charge in [-0.15, -0.1) is 0 Å². The molecule has 32 heavy (non-hydrogen) atoms. The summed E-state index contributed by atoms with van der Waals surface area (Å²) in [5.41, 5.74) is 1.36. The van der Waals surface area contributed by atoms with Crippen LogP contribution in [0.2, 0.25) is 5.02 Å². The molecule has 1 N–H and O–H groups in total. The van der Waals surface area contributed by atoms with E-state index in [-0.39, 0.29) is 16.9 Å². The minimum atomic E-state index is -0.856. The monoisotopic (exact) mass is 449 g/mol. The zero-order valence-electron chi connectivity index (χ0n) is 17.4. The second kappa shape index (κ2) is 8.77. The fraction of sp³-hybridized carbons (Fsp3) is 0.120. The van der Waals surface area contributed by atoms with E-state index in [0.717, 1.165) is 0 Å². The zero-order chi connectivity index (χ0) is 22.8. The lowest BCUT2D eigenvalue weighted by atomic mass is 9.94. The molecule has 1 heterocycles. The number of anilines is 1. The fourth-order valence-electron chi connectivity index (χ4n) is 3.79. The first kappa shape index (κ1) is 21.5. The number of methoxy groups -OCH3 is 2. The van der Waals surface area contributed by atoms with E-state index < -0.39 is 17.7 Å². The first-order chi connectivity index (χ1) is 15.5. The van der Waals surface area contributed by atoms with Gasteiger partial charge in [-0.3, -0.25) is 14.5 Å². The van der Waals surface area contributed by atoms with Crippen molar-refractivity contribution in [3.8, 4) is 11.5 Å². The molecule has 1 unspecified atom stereocenters. The number of ketones is 1. The van der Waals surface area contributed by atoms with E-state index in [4.69, 9.17) is 21.1 Å². The fourth-order valence-corrected chi connectivity index (χ4v) is 3.92. The first-order valence-electron chi connectivity index (χ1n) is 9.80. The molecule has 0 saturated carbocycles. The number of para-hydroxylation sites is 1. The maximum Gasteiger partial charge on any atom is 0.300 e. The van der Waals surface area contributed by atoms with Crippen LogP contribution in [0.1, 0.15) is 17.2 Å². The van der Waals surface area contributed by atoms with Crippen LogP contribution < -0.4 is 14.4 Å². The topological polar surface area (TPSA) is 76.1 Å². The average Bonchev–Trinajstić information content (AvgIpc) is 3.09. The molecule has 1 atom stereocenters. The summed E-state index contributed by atoms with van der Waals surface area (Å²) in [6.07, 6.45) is 0. The molecule has 1 aliphatic heterocycles. The van der Waals surface area contributed by atoms with Crippen molar-refractivity contribution in [1.29, 1.82) is 0 Å². The van der Waals surface area contributed by atoms with E-state index in [1.165, 1.54) is 19.1 Å². The molecule has 1 saturated heterocycles. The number of carbonyl (C=O) groups excluding carboxylic acids is 2. The van der Waals surface area contributed by atoms with Crippen LogP contribution in [-0.2, 0) is 9.59 Å². The van der Waals surface area contributed by atoms with Crippen LogP contribution in [0.3, 0.4) is 0 Å². The van der Waals surface area contributed by atoms with E-state index in [1.54, 1.807) is 66.7 Å². The summed E-state index contributed by atoms with van der Waals surface area (Å²) < 4.78 is 10.6. The number of aliphatic hydroxyl groups is 1. The summed E-state index contributed by atoms with van der Waals surface area (Å²) >= 11 is 6.06. The second-order valence-electron chi connectivity index (χ2n) is 7.12. The van der Waals surface area contributed by atoms with Crippen LogP contribution in [0.15, 0.2) is 78.4 Å². The number of hydrogen-bond acceptors (Lipinski definition) is 5. The normalized spacial score (nSPS) is 17.5. The van der Waals surface area contributed by atoms with Crippen molar-refractivity contribution >= 4 is 34.7 Å². The Morgan fingerprint density at radius 3 is 2.25 bits per heavy atom. The molecule has 162 valence electrons. The van der Waals surface area contributed by atoms with E-state index >= 15 is 0 Å². The van der Waals surface area contributed by atoms with Gasteiger partial charge in [-0.1, -0.05) is 41.9 Å². The van der Waals surface area contributed by atoms with Crippen molar-refractivity contribution in [3.63, 3.8) is 0 Å². The SMILES string of the molecule is COc1ccc(OC)c(/C(O)=C2\C(=O)C(=O)N(c3ccccc3)C2c2ccc(Cl)cc2)c1. The zero-order valence-corrected chi connectivity index (χ0v) is 18.2. The molecule has 7 heteroatoms. The molecule has 3 aromatic carbocycles. The third kappa shape index (κ3) is 3.69. The van der Waals surface area contributed by atoms with Gasteiger partial charge in [0.15, 0.2) is 0 Å². The molecule has 0 aliphatic carbocycles. The quantitative estimate of drug-likeness (QED) is 0.337. The predicted molar refractivity (Wildman–Crippen MR) is 122 cm³/mol. The Hall–Kier alpha value is -3.77. The Morgan fingerprint density at radius 2 is 1.62 bits per heavy atom. The molecule has 4 rings (SSSR count). The van der Waals surface area contributed by atoms with Crippen LogP contribution in [-0.4, -0.2) is 31.0 Å². The van der Waals surface area contributed by atoms with Crippen LogP contribution in [0.4, 0.5) is 5.69 Å². The number of benzene rings is 3. The lowest BCUT2D eigenvalue weighted by molar-refractivity contribution is -0.132. The number of ether oxygens (including phenoxy) is 2. The smallest absolute Gasteiger partial charge is 0.300 e. The van der Waals surface area contributed by atoms with E-state index in [2.05, 4.69) is 0 Å². The van der Waals surface area contributed by atoms with Crippen molar-refractivity contribution in [2.45, 2.75) is 6.04 Å². The van der Waals surface area contributed by atoms with Crippen molar-refractivity contribution in [1.82, 2.24) is 0 Å². The first-order valence-corrected chi connectivity index (χ1v) is 10.2. The van der Waals surface area contributed by atoms with Gasteiger partial charge in [-0.2, -0.15) is 0 Å². The summed E-state index contributed by atoms with van der Waals surface area (Å²) in [4.78, 5) is 27.7. The van der Waals surface area contributed by atoms with Gasteiger partial charge in [0.1, 0.15) is 17.3 Å². The molecule has 0 radical (unpaired) electrons. The van der Waals surface area contributed by atoms with Gasteiger partial charge in [0.05, 0.1) is 31.4 Å². The number of halogens is 1. The highest BCUT2D eigenvalue weighted by Gasteiger charge is 2.47. The third-order valence-electron chi connectivity index (χ3n) is 5.33. The van der Waals surface area contributed by atoms with Crippen molar-refractivity contribution in [2.75, 3.05) is 19.1 Å². The lowest BCUT2D eigenvalue weighted by Gasteiger charge is -2.25. The second-order valence-corrected chi connectivity index (χ2v) is 7.56. The predicted octanol–water partition coefficient (Wildman–Crippen LogP) is 4.98. The maximum absolute atomic E-state index is 13.2. The Bertz CT molecular complexity index is 1200. The number of rotatable bonds is 5. The van der Waals surface area contributed by atoms with Gasteiger partial charge >= 0.3 is 0 Å². The molecule has 0 spiro atoms. The molecule has 0 bridgehead atoms. The van der Waals surface area contributed by atoms with Crippen LogP contribution in [0.5, 0.6) is 11.5 Å². The highest BCUT2D eigenvalue weighted by Crippen LogP contribution is 2.43. The van der Waals surface area contributed by atoms with Crippen LogP contribution in [0.25, 0.3) is 5.76 Å². The number of aliphatic hydroxyl groups excluding tert-OH is 1. The molecular weight excluding hydrogens is 430 g/mol. The highest BCUT2D eigenvalue weighted by atomic mass is 35.5. The average molecular weight is 450 g/mol. The number of Topliss-reactive ketones (excluding diaryl/α,β-unsaturated/α-hetero) is 1. The van der Waals surface area contributed by atoms with Crippen molar-refractivity contribution < 1.29 is 24.2 Å². The summed E-state index contributed by atoms with van der Waals surface area (Å²) in [6.45, 7) is 0. The van der Waals surface area contributed by atoms with Gasteiger partial charge in [-0.05, 0) is 48.0 Å². The minimum absolute atomic E-state index is 0.0484. The van der Waals surface area contributed by atoms with Gasteiger partial charge in [0, 0.05) is 10.7 Å². The largest absolute Gasteiger partial charge is 0.507 e. The number of amides is 1. The maximum atomic E-state index is 13.2. The lowest BCUT2D eigenvalue weighted by Crippen LogP contribution is -2.29. The Kier molecular flexibility index (Phi) is 5.88. The number of nitrogens with zero attached hydrogens (tertiary/aromatic N) is 1. The van der Waals surface area contributed by atoms with Gasteiger partial charge < -0.3 is 14.6 Å². The van der Waals surface area contributed by atoms with Gasteiger partial charge in [0.25, 0.3) is 11.7 Å². The Balaban J connectivity index is 1.98. The van der Waals surface area contributed by atoms with Crippen molar-refractivity contribution in [3.05, 3.63) is 94.5 Å². The van der Waals surface area contributed by atoms with E-state index in [0.29, 0.717) is 27.8 Å². The van der Waals surface area contributed by atoms with Crippen LogP contribution >= 0.6 is 11.6 Å². The Morgan fingerprint density at radius 1 is 0.938 bits per heavy atom. The molecule has 1 aliphatic rings. The summed E-state index contributed by atoms with van der Waals surface area (Å²) in [5.74, 6) is -1.08. The number of carbonyl (C=O) groups is 2. The molecule has 6 nitrogen and oxygen atoms in total. The van der Waals surface area contributed by atoms with Crippen molar-refractivity contribution in [2.24, 2.45) is 0 Å². The molecular formula is C25H20ClNO5. The van der Waals surface area contributed by atoms with Gasteiger partial charge in [0.2, 0.25) is 0 Å². The highest BCUT2D eigenvalue weighted by molar-refractivity contribution is 6.51. The Labute approximate surface area is 190 Å². The van der Waals surface area contributed by atoms with Gasteiger partial charge in [-0.25, -0.2) is 0 Å². The molecule has 3 aromatic rings. The van der Waals surface area contributed by atoms with E-state index in [9.17, 15) is 14.7 Å². The van der Waals surface area contributed by atoms with E-state index in [1.807, 2.05) is 6.07 Å². The third-order valence-corrected chi connectivity index (χ3v) is 5.58. The minimum Gasteiger partial charge on any atom is -0.507 e. The van der Waals surface area contributed by atoms with Crippen LogP contribution in [0, 0.1) is 0 Å². The molecule has 0 aromatic heterocycles. The number of hydrogen-bond donors (Lipinski definition) is 1. The summed E-state index contributed by atoms with van der Waals surface area (Å²) in [7, 11) is 2.95. The summed E-state index contributed by atoms with van der Waals surface area (Å²) in [5, 5.41) is 11.8. The molecule has 1 amide bonds.